The average molecular weight is 530 g/mol. The van der Waals surface area contributed by atoms with Gasteiger partial charge in [0.15, 0.2) is 5.65 Å². The summed E-state index contributed by atoms with van der Waals surface area (Å²) in [7, 11) is 0. The topological polar surface area (TPSA) is 69.0 Å². The van der Waals surface area contributed by atoms with E-state index in [4.69, 9.17) is 16.6 Å². The highest BCUT2D eigenvalue weighted by Gasteiger charge is 2.23. The highest BCUT2D eigenvalue weighted by molar-refractivity contribution is 6.30. The van der Waals surface area contributed by atoms with Crippen LogP contribution in [0.4, 0.5) is 17.2 Å². The van der Waals surface area contributed by atoms with E-state index in [-0.39, 0.29) is 12.5 Å². The minimum Gasteiger partial charge on any atom is -0.372 e. The van der Waals surface area contributed by atoms with E-state index >= 15 is 0 Å². The molecule has 2 aromatic heterocycles. The average Bonchev–Trinajstić information content (AvgIpc) is 3.62. The smallest absolute Gasteiger partial charge is 0.242 e. The zero-order chi connectivity index (χ0) is 26.1. The van der Waals surface area contributed by atoms with Crippen molar-refractivity contribution in [1.29, 1.82) is 0 Å². The van der Waals surface area contributed by atoms with Crippen molar-refractivity contribution in [2.24, 2.45) is 0 Å². The number of imidazole rings is 1. The number of aryl methyl sites for hydroxylation is 1. The normalized spacial score (nSPS) is 15.9. The molecule has 8 nitrogen and oxygen atoms in total. The molecule has 0 aliphatic carbocycles. The summed E-state index contributed by atoms with van der Waals surface area (Å²) in [6.45, 7) is 7.43. The number of nitrogens with zero attached hydrogens (tertiary/aromatic N) is 6. The number of anilines is 3. The van der Waals surface area contributed by atoms with Crippen molar-refractivity contribution < 1.29 is 4.79 Å². The molecule has 0 spiro atoms. The Morgan fingerprint density at radius 1 is 0.974 bits per heavy atom. The van der Waals surface area contributed by atoms with Crippen LogP contribution in [-0.4, -0.2) is 71.0 Å². The van der Waals surface area contributed by atoms with E-state index in [1.54, 1.807) is 12.4 Å². The van der Waals surface area contributed by atoms with Gasteiger partial charge in [0.25, 0.3) is 0 Å². The molecule has 0 bridgehead atoms. The number of hydrogen-bond donors (Lipinski definition) is 1. The minimum absolute atomic E-state index is 0.0757. The Labute approximate surface area is 227 Å². The first-order valence-electron chi connectivity index (χ1n) is 13.3. The molecule has 9 heteroatoms. The van der Waals surface area contributed by atoms with Crippen molar-refractivity contribution in [3.63, 3.8) is 0 Å². The molecule has 2 aromatic carbocycles. The van der Waals surface area contributed by atoms with Gasteiger partial charge in [-0.2, -0.15) is 0 Å². The molecule has 2 aliphatic rings. The van der Waals surface area contributed by atoms with Crippen LogP contribution >= 0.6 is 11.6 Å². The van der Waals surface area contributed by atoms with Gasteiger partial charge >= 0.3 is 0 Å². The van der Waals surface area contributed by atoms with Crippen molar-refractivity contribution in [2.45, 2.75) is 19.8 Å². The standard InChI is InChI=1S/C29H32ClN7O/c1-21-4-7-23(30)18-25(21)35-14-16-36(17-15-35)27(38)20-32-29-28(33-26-19-31-10-13-37(26)29)22-5-8-24(9-6-22)34-11-2-3-12-34/h4-10,13,18-19,32H,2-3,11-12,14-17,20H2,1H3. The molecule has 4 heterocycles. The second-order valence-corrected chi connectivity index (χ2v) is 10.4. The van der Waals surface area contributed by atoms with Crippen LogP contribution < -0.4 is 15.1 Å². The molecule has 2 aliphatic heterocycles. The van der Waals surface area contributed by atoms with Crippen LogP contribution in [0.5, 0.6) is 0 Å². The second kappa shape index (κ2) is 10.5. The Morgan fingerprint density at radius 3 is 2.50 bits per heavy atom. The number of piperazine rings is 1. The lowest BCUT2D eigenvalue weighted by atomic mass is 10.1. The van der Waals surface area contributed by atoms with E-state index < -0.39 is 0 Å². The maximum Gasteiger partial charge on any atom is 0.242 e. The summed E-state index contributed by atoms with van der Waals surface area (Å²) >= 11 is 6.23. The molecule has 2 saturated heterocycles. The lowest BCUT2D eigenvalue weighted by Crippen LogP contribution is -2.50. The summed E-state index contributed by atoms with van der Waals surface area (Å²) in [5, 5.41) is 4.14. The maximum absolute atomic E-state index is 13.2. The second-order valence-electron chi connectivity index (χ2n) is 10.0. The zero-order valence-electron chi connectivity index (χ0n) is 21.6. The van der Waals surface area contributed by atoms with Crippen LogP contribution in [-0.2, 0) is 4.79 Å². The third-order valence-corrected chi connectivity index (χ3v) is 7.83. The van der Waals surface area contributed by atoms with Gasteiger partial charge in [-0.3, -0.25) is 14.2 Å². The van der Waals surface area contributed by atoms with E-state index in [0.717, 1.165) is 59.6 Å². The molecule has 4 aromatic rings. The molecule has 0 unspecified atom stereocenters. The molecule has 1 amide bonds. The molecule has 6 rings (SSSR count). The van der Waals surface area contributed by atoms with Crippen LogP contribution in [0.15, 0.2) is 61.1 Å². The van der Waals surface area contributed by atoms with E-state index in [1.165, 1.54) is 24.1 Å². The van der Waals surface area contributed by atoms with Crippen LogP contribution in [0.3, 0.4) is 0 Å². The summed E-state index contributed by atoms with van der Waals surface area (Å²) in [6, 6.07) is 14.5. The molecular weight excluding hydrogens is 498 g/mol. The zero-order valence-corrected chi connectivity index (χ0v) is 22.4. The Kier molecular flexibility index (Phi) is 6.81. The summed E-state index contributed by atoms with van der Waals surface area (Å²) < 4.78 is 1.96. The largest absolute Gasteiger partial charge is 0.372 e. The van der Waals surface area contributed by atoms with Gasteiger partial charge in [-0.25, -0.2) is 4.98 Å². The number of rotatable bonds is 6. The molecule has 0 saturated carbocycles. The monoisotopic (exact) mass is 529 g/mol. The van der Waals surface area contributed by atoms with Crippen molar-refractivity contribution in [3.8, 4) is 11.3 Å². The van der Waals surface area contributed by atoms with E-state index in [9.17, 15) is 4.79 Å². The first-order chi connectivity index (χ1) is 18.6. The van der Waals surface area contributed by atoms with Crippen molar-refractivity contribution in [1.82, 2.24) is 19.3 Å². The lowest BCUT2D eigenvalue weighted by Gasteiger charge is -2.37. The molecule has 0 atom stereocenters. The van der Waals surface area contributed by atoms with Crippen molar-refractivity contribution >= 4 is 40.3 Å². The van der Waals surface area contributed by atoms with Crippen LogP contribution in [0.25, 0.3) is 16.9 Å². The molecule has 2 fully saturated rings. The Morgan fingerprint density at radius 2 is 1.74 bits per heavy atom. The van der Waals surface area contributed by atoms with Gasteiger partial charge < -0.3 is 20.0 Å². The quantitative estimate of drug-likeness (QED) is 0.390. The number of nitrogens with one attached hydrogen (secondary N) is 1. The minimum atomic E-state index is 0.0757. The summed E-state index contributed by atoms with van der Waals surface area (Å²) in [5.74, 6) is 0.879. The Bertz CT molecular complexity index is 1440. The fraction of sp³-hybridized carbons (Fsp3) is 0.345. The SMILES string of the molecule is Cc1ccc(Cl)cc1N1CCN(C(=O)CNc2c(-c3ccc(N4CCCC4)cc3)nc3cnccn23)CC1. The van der Waals surface area contributed by atoms with Gasteiger partial charge in [0.1, 0.15) is 11.5 Å². The van der Waals surface area contributed by atoms with Gasteiger partial charge in [0.2, 0.25) is 5.91 Å². The van der Waals surface area contributed by atoms with Crippen LogP contribution in [0.2, 0.25) is 5.02 Å². The summed E-state index contributed by atoms with van der Waals surface area (Å²) in [4.78, 5) is 28.9. The van der Waals surface area contributed by atoms with Crippen molar-refractivity contribution in [3.05, 3.63) is 71.6 Å². The first kappa shape index (κ1) is 24.6. The predicted molar refractivity (Wildman–Crippen MR) is 153 cm³/mol. The molecule has 196 valence electrons. The maximum atomic E-state index is 13.2. The molecule has 1 N–H and O–H groups in total. The number of hydrogen-bond acceptors (Lipinski definition) is 6. The fourth-order valence-corrected chi connectivity index (χ4v) is 5.64. The number of carbonyl (C=O) groups is 1. The van der Waals surface area contributed by atoms with Gasteiger partial charge in [-0.15, -0.1) is 0 Å². The fourth-order valence-electron chi connectivity index (χ4n) is 5.47. The highest BCUT2D eigenvalue weighted by Crippen LogP contribution is 2.31. The predicted octanol–water partition coefficient (Wildman–Crippen LogP) is 4.72. The number of fused-ring (bicyclic) bond motifs is 1. The Balaban J connectivity index is 1.15. The molecule has 0 radical (unpaired) electrons. The summed E-state index contributed by atoms with van der Waals surface area (Å²) in [6.07, 6.45) is 7.85. The summed E-state index contributed by atoms with van der Waals surface area (Å²) in [5.41, 5.74) is 6.15. The van der Waals surface area contributed by atoms with E-state index in [2.05, 4.69) is 51.3 Å². The Hall–Kier alpha value is -3.78. The van der Waals surface area contributed by atoms with Crippen LogP contribution in [0.1, 0.15) is 18.4 Å². The lowest BCUT2D eigenvalue weighted by molar-refractivity contribution is -0.129. The highest BCUT2D eigenvalue weighted by atomic mass is 35.5. The molecular formula is C29H32ClN7O. The van der Waals surface area contributed by atoms with Gasteiger partial charge in [-0.1, -0.05) is 29.8 Å². The number of halogens is 1. The number of amides is 1. The number of carbonyl (C=O) groups excluding carboxylic acids is 1. The molecule has 38 heavy (non-hydrogen) atoms. The first-order valence-corrected chi connectivity index (χ1v) is 13.6. The van der Waals surface area contributed by atoms with Gasteiger partial charge in [-0.05, 0) is 49.6 Å². The number of aromatic nitrogens is 3. The van der Waals surface area contributed by atoms with Gasteiger partial charge in [0.05, 0.1) is 12.7 Å². The van der Waals surface area contributed by atoms with Crippen molar-refractivity contribution in [2.75, 3.05) is 60.9 Å². The van der Waals surface area contributed by atoms with Crippen LogP contribution in [0, 0.1) is 6.92 Å². The number of benzene rings is 2. The third kappa shape index (κ3) is 4.88. The third-order valence-electron chi connectivity index (χ3n) is 7.59. The van der Waals surface area contributed by atoms with E-state index in [1.807, 2.05) is 33.7 Å². The van der Waals surface area contributed by atoms with E-state index in [0.29, 0.717) is 13.1 Å². The van der Waals surface area contributed by atoms with Gasteiger partial charge in [0, 0.05) is 73.6 Å².